The summed E-state index contributed by atoms with van der Waals surface area (Å²) in [6.45, 7) is 0. The summed E-state index contributed by atoms with van der Waals surface area (Å²) >= 11 is 12.2. The van der Waals surface area contributed by atoms with Crippen LogP contribution in [0.15, 0.2) is 42.5 Å². The van der Waals surface area contributed by atoms with Crippen LogP contribution in [0, 0.1) is 5.92 Å². The highest BCUT2D eigenvalue weighted by atomic mass is 35.5. The molecule has 0 saturated carbocycles. The average Bonchev–Trinajstić information content (AvgIpc) is 2.90. The third kappa shape index (κ3) is 4.42. The number of nitrogens with one attached hydrogen (secondary N) is 2. The molecule has 1 aliphatic heterocycles. The van der Waals surface area contributed by atoms with Crippen molar-refractivity contribution in [2.24, 2.45) is 5.92 Å². The fraction of sp³-hybridized carbons (Fsp3) is 0.211. The SMILES string of the molecule is O=C1CC(Cc2ccc(NC(=O)Cc3c(Cl)cccc3Cl)cc2)C(=O)N1. The maximum absolute atomic E-state index is 12.2. The van der Waals surface area contributed by atoms with Crippen molar-refractivity contribution in [2.75, 3.05) is 5.32 Å². The second-order valence-corrected chi connectivity index (χ2v) is 6.95. The number of carbonyl (C=O) groups excluding carboxylic acids is 3. The summed E-state index contributed by atoms with van der Waals surface area (Å²) in [4.78, 5) is 35.1. The van der Waals surface area contributed by atoms with Crippen LogP contribution in [0.5, 0.6) is 0 Å². The molecule has 134 valence electrons. The van der Waals surface area contributed by atoms with Crippen LogP contribution in [0.4, 0.5) is 5.69 Å². The van der Waals surface area contributed by atoms with E-state index in [2.05, 4.69) is 10.6 Å². The molecule has 0 aromatic heterocycles. The van der Waals surface area contributed by atoms with Gasteiger partial charge in [0, 0.05) is 22.2 Å². The molecule has 1 atom stereocenters. The van der Waals surface area contributed by atoms with Crippen molar-refractivity contribution in [3.63, 3.8) is 0 Å². The topological polar surface area (TPSA) is 75.3 Å². The highest BCUT2D eigenvalue weighted by Crippen LogP contribution is 2.25. The molecule has 0 spiro atoms. The maximum Gasteiger partial charge on any atom is 0.230 e. The van der Waals surface area contributed by atoms with Gasteiger partial charge in [-0.25, -0.2) is 0 Å². The van der Waals surface area contributed by atoms with Crippen molar-refractivity contribution in [1.82, 2.24) is 5.32 Å². The molecule has 2 aromatic carbocycles. The van der Waals surface area contributed by atoms with E-state index in [1.807, 2.05) is 12.1 Å². The van der Waals surface area contributed by atoms with Gasteiger partial charge in [-0.15, -0.1) is 0 Å². The van der Waals surface area contributed by atoms with E-state index in [9.17, 15) is 14.4 Å². The molecule has 1 heterocycles. The minimum atomic E-state index is -0.328. The average molecular weight is 391 g/mol. The molecule has 2 N–H and O–H groups in total. The van der Waals surface area contributed by atoms with Gasteiger partial charge in [-0.3, -0.25) is 19.7 Å². The first-order chi connectivity index (χ1) is 12.4. The zero-order chi connectivity index (χ0) is 18.7. The van der Waals surface area contributed by atoms with E-state index in [-0.39, 0.29) is 36.5 Å². The summed E-state index contributed by atoms with van der Waals surface area (Å²) in [6.07, 6.45) is 0.779. The second kappa shape index (κ2) is 7.89. The molecule has 3 rings (SSSR count). The Bertz CT molecular complexity index is 845. The van der Waals surface area contributed by atoms with Gasteiger partial charge < -0.3 is 5.32 Å². The van der Waals surface area contributed by atoms with Crippen LogP contribution in [-0.4, -0.2) is 17.7 Å². The van der Waals surface area contributed by atoms with Gasteiger partial charge in [0.25, 0.3) is 0 Å². The van der Waals surface area contributed by atoms with E-state index in [1.165, 1.54) is 0 Å². The number of hydrogen-bond acceptors (Lipinski definition) is 3. The molecule has 1 unspecified atom stereocenters. The van der Waals surface area contributed by atoms with E-state index < -0.39 is 0 Å². The summed E-state index contributed by atoms with van der Waals surface area (Å²) in [7, 11) is 0. The zero-order valence-corrected chi connectivity index (χ0v) is 15.2. The number of rotatable bonds is 5. The molecule has 1 fully saturated rings. The Kier molecular flexibility index (Phi) is 5.59. The van der Waals surface area contributed by atoms with E-state index in [0.29, 0.717) is 27.7 Å². The number of anilines is 1. The van der Waals surface area contributed by atoms with Crippen molar-refractivity contribution in [3.05, 3.63) is 63.6 Å². The molecular formula is C19H16Cl2N2O3. The third-order valence-electron chi connectivity index (χ3n) is 4.18. The molecule has 0 radical (unpaired) electrons. The smallest absolute Gasteiger partial charge is 0.230 e. The summed E-state index contributed by atoms with van der Waals surface area (Å²) in [6, 6.07) is 12.3. The standard InChI is InChI=1S/C19H16Cl2N2O3/c20-15-2-1-3-16(21)14(15)10-18(25)22-13-6-4-11(5-7-13)8-12-9-17(24)23-19(12)26/h1-7,12H,8-10H2,(H,22,25)(H,23,24,26). The summed E-state index contributed by atoms with van der Waals surface area (Å²) in [5.41, 5.74) is 2.14. The van der Waals surface area contributed by atoms with Gasteiger partial charge in [0.05, 0.1) is 12.3 Å². The predicted octanol–water partition coefficient (Wildman–Crippen LogP) is 3.38. The molecule has 0 aliphatic carbocycles. The highest BCUT2D eigenvalue weighted by molar-refractivity contribution is 6.36. The van der Waals surface area contributed by atoms with Crippen LogP contribution in [0.25, 0.3) is 0 Å². The van der Waals surface area contributed by atoms with Crippen molar-refractivity contribution in [2.45, 2.75) is 19.3 Å². The first kappa shape index (κ1) is 18.4. The van der Waals surface area contributed by atoms with Crippen molar-refractivity contribution >= 4 is 46.6 Å². The highest BCUT2D eigenvalue weighted by Gasteiger charge is 2.30. The van der Waals surface area contributed by atoms with Gasteiger partial charge in [0.2, 0.25) is 17.7 Å². The molecule has 1 saturated heterocycles. The Hall–Kier alpha value is -2.37. The minimum Gasteiger partial charge on any atom is -0.326 e. The summed E-state index contributed by atoms with van der Waals surface area (Å²) in [5.74, 6) is -1.02. The van der Waals surface area contributed by atoms with Crippen molar-refractivity contribution in [1.29, 1.82) is 0 Å². The van der Waals surface area contributed by atoms with Gasteiger partial charge in [-0.1, -0.05) is 41.4 Å². The van der Waals surface area contributed by atoms with Gasteiger partial charge in [-0.2, -0.15) is 0 Å². The van der Waals surface area contributed by atoms with E-state index in [0.717, 1.165) is 5.56 Å². The molecule has 1 aliphatic rings. The number of benzene rings is 2. The van der Waals surface area contributed by atoms with Crippen LogP contribution in [0.3, 0.4) is 0 Å². The lowest BCUT2D eigenvalue weighted by molar-refractivity contribution is -0.125. The summed E-state index contributed by atoms with van der Waals surface area (Å²) < 4.78 is 0. The zero-order valence-electron chi connectivity index (χ0n) is 13.7. The fourth-order valence-electron chi connectivity index (χ4n) is 2.85. The van der Waals surface area contributed by atoms with Crippen LogP contribution in [0.2, 0.25) is 10.0 Å². The van der Waals surface area contributed by atoms with E-state index in [1.54, 1.807) is 30.3 Å². The monoisotopic (exact) mass is 390 g/mol. The van der Waals surface area contributed by atoms with Gasteiger partial charge >= 0.3 is 0 Å². The molecule has 7 heteroatoms. The Morgan fingerprint density at radius 2 is 1.73 bits per heavy atom. The second-order valence-electron chi connectivity index (χ2n) is 6.14. The van der Waals surface area contributed by atoms with Crippen LogP contribution in [-0.2, 0) is 27.2 Å². The van der Waals surface area contributed by atoms with Crippen LogP contribution < -0.4 is 10.6 Å². The first-order valence-electron chi connectivity index (χ1n) is 8.08. The van der Waals surface area contributed by atoms with Crippen molar-refractivity contribution in [3.8, 4) is 0 Å². The summed E-state index contributed by atoms with van der Waals surface area (Å²) in [5, 5.41) is 5.99. The first-order valence-corrected chi connectivity index (χ1v) is 8.83. The van der Waals surface area contributed by atoms with Crippen LogP contribution >= 0.6 is 23.2 Å². The fourth-order valence-corrected chi connectivity index (χ4v) is 3.38. The van der Waals surface area contributed by atoms with Gasteiger partial charge in [0.1, 0.15) is 0 Å². The Balaban J connectivity index is 1.59. The number of halogens is 2. The number of hydrogen-bond donors (Lipinski definition) is 2. The van der Waals surface area contributed by atoms with Gasteiger partial charge in [-0.05, 0) is 41.8 Å². The third-order valence-corrected chi connectivity index (χ3v) is 4.89. The maximum atomic E-state index is 12.2. The largest absolute Gasteiger partial charge is 0.326 e. The Morgan fingerprint density at radius 1 is 1.08 bits per heavy atom. The molecule has 5 nitrogen and oxygen atoms in total. The molecule has 0 bridgehead atoms. The quantitative estimate of drug-likeness (QED) is 0.768. The molecular weight excluding hydrogens is 375 g/mol. The lowest BCUT2D eigenvalue weighted by Gasteiger charge is -2.10. The van der Waals surface area contributed by atoms with Crippen molar-refractivity contribution < 1.29 is 14.4 Å². The van der Waals surface area contributed by atoms with E-state index in [4.69, 9.17) is 23.2 Å². The number of amides is 3. The Labute approximate surface area is 160 Å². The van der Waals surface area contributed by atoms with E-state index >= 15 is 0 Å². The molecule has 3 amide bonds. The van der Waals surface area contributed by atoms with Gasteiger partial charge in [0.15, 0.2) is 0 Å². The van der Waals surface area contributed by atoms with Crippen LogP contribution in [0.1, 0.15) is 17.5 Å². The predicted molar refractivity (Wildman–Crippen MR) is 100 cm³/mol. The minimum absolute atomic E-state index is 0.0740. The number of imide groups is 1. The number of carbonyl (C=O) groups is 3. The normalized spacial score (nSPS) is 16.5. The molecule has 2 aromatic rings. The lowest BCUT2D eigenvalue weighted by atomic mass is 9.98. The Morgan fingerprint density at radius 3 is 2.31 bits per heavy atom. The molecule has 26 heavy (non-hydrogen) atoms. The lowest BCUT2D eigenvalue weighted by Crippen LogP contribution is -2.22.